The second-order valence-corrected chi connectivity index (χ2v) is 7.53. The number of methoxy groups -OCH3 is 1. The van der Waals surface area contributed by atoms with E-state index in [0.29, 0.717) is 30.1 Å². The van der Waals surface area contributed by atoms with Crippen LogP contribution in [0.2, 0.25) is 0 Å². The van der Waals surface area contributed by atoms with Crippen LogP contribution in [0.1, 0.15) is 23.7 Å². The van der Waals surface area contributed by atoms with Gasteiger partial charge in [-0.05, 0) is 47.9 Å². The number of ether oxygens (including phenoxy) is 3. The number of carboxylic acids is 1. The number of aromatic nitrogens is 1. The average molecular weight is 465 g/mol. The fourth-order valence-corrected chi connectivity index (χ4v) is 3.25. The van der Waals surface area contributed by atoms with E-state index in [0.717, 1.165) is 17.0 Å². The Bertz CT molecular complexity index is 1100. The van der Waals surface area contributed by atoms with Crippen LogP contribution in [0.25, 0.3) is 0 Å². The molecule has 3 aromatic rings. The summed E-state index contributed by atoms with van der Waals surface area (Å²) in [4.78, 5) is 29.6. The number of aliphatic carboxylic acids is 1. The lowest BCUT2D eigenvalue weighted by molar-refractivity contribution is -0.138. The van der Waals surface area contributed by atoms with Gasteiger partial charge in [0.2, 0.25) is 0 Å². The quantitative estimate of drug-likeness (QED) is 0.450. The molecule has 178 valence electrons. The van der Waals surface area contributed by atoms with Crippen molar-refractivity contribution < 1.29 is 28.9 Å². The Kier molecular flexibility index (Phi) is 8.85. The molecule has 2 aromatic carbocycles. The largest absolute Gasteiger partial charge is 0.493 e. The molecule has 0 unspecified atom stereocenters. The first kappa shape index (κ1) is 24.6. The maximum atomic E-state index is 12.7. The van der Waals surface area contributed by atoms with E-state index in [2.05, 4.69) is 18.0 Å². The van der Waals surface area contributed by atoms with Gasteiger partial charge in [-0.25, -0.2) is 4.79 Å². The van der Waals surface area contributed by atoms with Crippen molar-refractivity contribution in [3.8, 4) is 17.2 Å². The van der Waals surface area contributed by atoms with Crippen molar-refractivity contribution in [2.45, 2.75) is 26.3 Å². The van der Waals surface area contributed by atoms with Gasteiger partial charge in [0, 0.05) is 24.9 Å². The highest BCUT2D eigenvalue weighted by molar-refractivity contribution is 5.78. The third kappa shape index (κ3) is 7.23. The summed E-state index contributed by atoms with van der Waals surface area (Å²) in [5, 5.41) is 9.28. The first-order valence-electron chi connectivity index (χ1n) is 11.0. The molecule has 8 heteroatoms. The molecule has 0 aliphatic carbocycles. The van der Waals surface area contributed by atoms with Crippen molar-refractivity contribution in [2.24, 2.45) is 0 Å². The van der Waals surface area contributed by atoms with Crippen molar-refractivity contribution in [3.05, 3.63) is 83.7 Å². The SMILES string of the molecule is CCc1ccc(CCOc2cccc(CN(CC(=O)O)C(=O)Oc3ccccc3OC)c2)nc1. The monoisotopic (exact) mass is 464 g/mol. The number of rotatable bonds is 11. The van der Waals surface area contributed by atoms with Crippen LogP contribution in [-0.4, -0.2) is 47.3 Å². The number of carboxylic acid groups (broad SMARTS) is 1. The van der Waals surface area contributed by atoms with Gasteiger partial charge < -0.3 is 19.3 Å². The fraction of sp³-hybridized carbons (Fsp3) is 0.269. The van der Waals surface area contributed by atoms with E-state index in [4.69, 9.17) is 14.2 Å². The summed E-state index contributed by atoms with van der Waals surface area (Å²) in [6.45, 7) is 2.05. The number of nitrogens with zero attached hydrogens (tertiary/aromatic N) is 2. The lowest BCUT2D eigenvalue weighted by atomic mass is 10.2. The first-order chi connectivity index (χ1) is 16.5. The Balaban J connectivity index is 1.62. The third-order valence-corrected chi connectivity index (χ3v) is 5.04. The predicted octanol–water partition coefficient (Wildman–Crippen LogP) is 4.36. The topological polar surface area (TPSA) is 98.2 Å². The zero-order valence-electron chi connectivity index (χ0n) is 19.3. The van der Waals surface area contributed by atoms with Crippen LogP contribution < -0.4 is 14.2 Å². The lowest BCUT2D eigenvalue weighted by Crippen LogP contribution is -2.37. The minimum atomic E-state index is -1.15. The van der Waals surface area contributed by atoms with Gasteiger partial charge in [-0.15, -0.1) is 0 Å². The lowest BCUT2D eigenvalue weighted by Gasteiger charge is -2.21. The van der Waals surface area contributed by atoms with E-state index in [-0.39, 0.29) is 12.3 Å². The number of benzene rings is 2. The molecule has 0 saturated heterocycles. The van der Waals surface area contributed by atoms with Crippen LogP contribution in [0.15, 0.2) is 66.9 Å². The van der Waals surface area contributed by atoms with Gasteiger partial charge in [0.05, 0.1) is 13.7 Å². The zero-order chi connectivity index (χ0) is 24.3. The summed E-state index contributed by atoms with van der Waals surface area (Å²) in [6, 6.07) is 17.9. The Hall–Kier alpha value is -4.07. The van der Waals surface area contributed by atoms with Crippen LogP contribution >= 0.6 is 0 Å². The molecular weight excluding hydrogens is 436 g/mol. The minimum absolute atomic E-state index is 0.0392. The van der Waals surface area contributed by atoms with E-state index in [1.54, 1.807) is 42.5 Å². The molecule has 0 aliphatic heterocycles. The molecule has 0 bridgehead atoms. The average Bonchev–Trinajstić information content (AvgIpc) is 2.84. The number of para-hydroxylation sites is 2. The molecule has 0 saturated carbocycles. The summed E-state index contributed by atoms with van der Waals surface area (Å²) in [5.74, 6) is 0.0606. The number of amides is 1. The Morgan fingerprint density at radius 2 is 1.79 bits per heavy atom. The highest BCUT2D eigenvalue weighted by Gasteiger charge is 2.21. The van der Waals surface area contributed by atoms with Gasteiger partial charge in [0.1, 0.15) is 12.3 Å². The maximum absolute atomic E-state index is 12.7. The standard InChI is InChI=1S/C26H28N2O6/c1-3-19-11-12-21(27-16-19)13-14-33-22-8-6-7-20(15-22)17-28(18-25(29)30)26(31)34-24-10-5-4-9-23(24)32-2/h4-12,15-16H,3,13-14,17-18H2,1-2H3,(H,29,30). The van der Waals surface area contributed by atoms with Gasteiger partial charge in [0.25, 0.3) is 0 Å². The Morgan fingerprint density at radius 3 is 2.47 bits per heavy atom. The second-order valence-electron chi connectivity index (χ2n) is 7.53. The van der Waals surface area contributed by atoms with Crippen molar-refractivity contribution >= 4 is 12.1 Å². The van der Waals surface area contributed by atoms with Crippen LogP contribution in [0, 0.1) is 0 Å². The van der Waals surface area contributed by atoms with Crippen LogP contribution in [-0.2, 0) is 24.2 Å². The molecule has 8 nitrogen and oxygen atoms in total. The normalized spacial score (nSPS) is 10.4. The smallest absolute Gasteiger partial charge is 0.416 e. The molecule has 1 heterocycles. The van der Waals surface area contributed by atoms with Gasteiger partial charge in [0.15, 0.2) is 11.5 Å². The molecule has 0 fully saturated rings. The number of carbonyl (C=O) groups excluding carboxylic acids is 1. The van der Waals surface area contributed by atoms with E-state index in [1.165, 1.54) is 12.7 Å². The first-order valence-corrected chi connectivity index (χ1v) is 11.0. The van der Waals surface area contributed by atoms with Crippen molar-refractivity contribution in [1.29, 1.82) is 0 Å². The van der Waals surface area contributed by atoms with Gasteiger partial charge in [-0.3, -0.25) is 14.7 Å². The maximum Gasteiger partial charge on any atom is 0.416 e. The molecular formula is C26H28N2O6. The van der Waals surface area contributed by atoms with E-state index >= 15 is 0 Å². The van der Waals surface area contributed by atoms with Crippen LogP contribution in [0.4, 0.5) is 4.79 Å². The molecule has 3 rings (SSSR count). The molecule has 1 aromatic heterocycles. The summed E-state index contributed by atoms with van der Waals surface area (Å²) >= 11 is 0. The molecule has 0 spiro atoms. The number of hydrogen-bond acceptors (Lipinski definition) is 6. The van der Waals surface area contributed by atoms with Crippen molar-refractivity contribution in [3.63, 3.8) is 0 Å². The van der Waals surface area contributed by atoms with Crippen molar-refractivity contribution in [1.82, 2.24) is 9.88 Å². The fourth-order valence-electron chi connectivity index (χ4n) is 3.25. The number of aryl methyl sites for hydroxylation is 1. The van der Waals surface area contributed by atoms with Gasteiger partial charge in [-0.2, -0.15) is 0 Å². The highest BCUT2D eigenvalue weighted by Crippen LogP contribution is 2.26. The third-order valence-electron chi connectivity index (χ3n) is 5.04. The summed E-state index contributed by atoms with van der Waals surface area (Å²) < 4.78 is 16.4. The number of carbonyl (C=O) groups is 2. The van der Waals surface area contributed by atoms with Gasteiger partial charge >= 0.3 is 12.1 Å². The minimum Gasteiger partial charge on any atom is -0.493 e. The molecule has 34 heavy (non-hydrogen) atoms. The second kappa shape index (κ2) is 12.2. The number of pyridine rings is 1. The molecule has 1 amide bonds. The molecule has 0 atom stereocenters. The summed E-state index contributed by atoms with van der Waals surface area (Å²) in [6.07, 6.45) is 2.68. The Morgan fingerprint density at radius 1 is 1.00 bits per heavy atom. The molecule has 0 radical (unpaired) electrons. The van der Waals surface area contributed by atoms with Gasteiger partial charge in [-0.1, -0.05) is 37.3 Å². The molecule has 0 aliphatic rings. The Labute approximate surface area is 198 Å². The van der Waals surface area contributed by atoms with Crippen molar-refractivity contribution in [2.75, 3.05) is 20.3 Å². The summed E-state index contributed by atoms with van der Waals surface area (Å²) in [7, 11) is 1.46. The number of hydrogen-bond donors (Lipinski definition) is 1. The van der Waals surface area contributed by atoms with Crippen LogP contribution in [0.3, 0.4) is 0 Å². The molecule has 1 N–H and O–H groups in total. The predicted molar refractivity (Wildman–Crippen MR) is 126 cm³/mol. The van der Waals surface area contributed by atoms with E-state index in [1.807, 2.05) is 18.3 Å². The highest BCUT2D eigenvalue weighted by atomic mass is 16.6. The summed E-state index contributed by atoms with van der Waals surface area (Å²) in [5.41, 5.74) is 2.84. The zero-order valence-corrected chi connectivity index (χ0v) is 19.3. The van der Waals surface area contributed by atoms with E-state index in [9.17, 15) is 14.7 Å². The van der Waals surface area contributed by atoms with Crippen LogP contribution in [0.5, 0.6) is 17.2 Å². The van der Waals surface area contributed by atoms with E-state index < -0.39 is 18.6 Å².